The molecule has 0 radical (unpaired) electrons. The molecule has 0 spiro atoms. The molecule has 1 aromatic heterocycles. The maximum Gasteiger partial charge on any atom is 0.123 e. The molecule has 5 rings (SSSR count). The number of hydrogen-bond donors (Lipinski definition) is 1. The molecule has 1 saturated carbocycles. The fourth-order valence-corrected chi connectivity index (χ4v) is 5.39. The molecule has 2 aromatic rings. The summed E-state index contributed by atoms with van der Waals surface area (Å²) in [6.07, 6.45) is 5.09. The van der Waals surface area contributed by atoms with Crippen molar-refractivity contribution < 1.29 is 9.84 Å². The first-order chi connectivity index (χ1) is 13.0. The molecule has 1 aliphatic carbocycles. The average molecular weight is 364 g/mol. The molecule has 4 nitrogen and oxygen atoms in total. The van der Waals surface area contributed by atoms with E-state index in [1.54, 1.807) is 0 Å². The SMILES string of the molecule is Cc1ccc([C@@]2(O)CC[C@@H]3CN(Cc4ccc5c(c4)C[C@@H](C)O5)C[C@@H]32)nc1. The second-order valence-electron chi connectivity index (χ2n) is 8.82. The van der Waals surface area contributed by atoms with Crippen LogP contribution in [0.5, 0.6) is 5.75 Å². The van der Waals surface area contributed by atoms with Crippen molar-refractivity contribution in [2.24, 2.45) is 11.8 Å². The number of pyridine rings is 1. The first-order valence-electron chi connectivity index (χ1n) is 10.2. The van der Waals surface area contributed by atoms with E-state index in [-0.39, 0.29) is 5.92 Å². The zero-order valence-electron chi connectivity index (χ0n) is 16.2. The highest BCUT2D eigenvalue weighted by molar-refractivity contribution is 5.40. The van der Waals surface area contributed by atoms with Gasteiger partial charge in [0.25, 0.3) is 0 Å². The molecular weight excluding hydrogens is 336 g/mol. The normalized spacial score (nSPS) is 32.3. The van der Waals surface area contributed by atoms with Gasteiger partial charge in [-0.25, -0.2) is 0 Å². The highest BCUT2D eigenvalue weighted by Crippen LogP contribution is 2.50. The van der Waals surface area contributed by atoms with Gasteiger partial charge in [0, 0.05) is 38.2 Å². The Morgan fingerprint density at radius 2 is 2.15 bits per heavy atom. The summed E-state index contributed by atoms with van der Waals surface area (Å²) in [4.78, 5) is 7.07. The molecule has 1 saturated heterocycles. The van der Waals surface area contributed by atoms with Gasteiger partial charge in [0.2, 0.25) is 0 Å². The molecule has 3 aliphatic rings. The Morgan fingerprint density at radius 3 is 2.96 bits per heavy atom. The third-order valence-corrected chi connectivity index (χ3v) is 6.75. The summed E-state index contributed by atoms with van der Waals surface area (Å²) in [5, 5.41) is 11.5. The van der Waals surface area contributed by atoms with E-state index in [1.807, 2.05) is 19.2 Å². The lowest BCUT2D eigenvalue weighted by Crippen LogP contribution is -2.35. The number of fused-ring (bicyclic) bond motifs is 2. The zero-order chi connectivity index (χ0) is 18.6. The van der Waals surface area contributed by atoms with E-state index in [0.717, 1.165) is 55.9 Å². The third-order valence-electron chi connectivity index (χ3n) is 6.75. The van der Waals surface area contributed by atoms with Crippen molar-refractivity contribution in [1.82, 2.24) is 9.88 Å². The number of aryl methyl sites for hydroxylation is 1. The number of hydrogen-bond acceptors (Lipinski definition) is 4. The number of rotatable bonds is 3. The van der Waals surface area contributed by atoms with Crippen LogP contribution in [0.25, 0.3) is 0 Å². The minimum Gasteiger partial charge on any atom is -0.490 e. The van der Waals surface area contributed by atoms with Crippen LogP contribution in [0.2, 0.25) is 0 Å². The van der Waals surface area contributed by atoms with Crippen molar-refractivity contribution in [1.29, 1.82) is 0 Å². The second-order valence-corrected chi connectivity index (χ2v) is 8.82. The Kier molecular flexibility index (Phi) is 4.03. The van der Waals surface area contributed by atoms with E-state index in [9.17, 15) is 5.11 Å². The maximum absolute atomic E-state index is 11.5. The highest BCUT2D eigenvalue weighted by Gasteiger charge is 2.53. The third kappa shape index (κ3) is 2.95. The topological polar surface area (TPSA) is 45.6 Å². The van der Waals surface area contributed by atoms with E-state index < -0.39 is 5.60 Å². The fraction of sp³-hybridized carbons (Fsp3) is 0.522. The second kappa shape index (κ2) is 6.32. The molecule has 4 atom stereocenters. The minimum atomic E-state index is -0.770. The number of ether oxygens (including phenoxy) is 1. The molecule has 1 aromatic carbocycles. The Bertz CT molecular complexity index is 850. The molecular formula is C23H28N2O2. The van der Waals surface area contributed by atoms with Crippen molar-refractivity contribution in [3.05, 3.63) is 58.9 Å². The quantitative estimate of drug-likeness (QED) is 0.906. The van der Waals surface area contributed by atoms with Crippen molar-refractivity contribution in [2.45, 2.75) is 51.4 Å². The summed E-state index contributed by atoms with van der Waals surface area (Å²) in [7, 11) is 0. The van der Waals surface area contributed by atoms with Crippen molar-refractivity contribution in [2.75, 3.05) is 13.1 Å². The fourth-order valence-electron chi connectivity index (χ4n) is 5.39. The van der Waals surface area contributed by atoms with E-state index in [1.165, 1.54) is 11.1 Å². The first kappa shape index (κ1) is 17.2. The summed E-state index contributed by atoms with van der Waals surface area (Å²) >= 11 is 0. The molecule has 3 heterocycles. The van der Waals surface area contributed by atoms with Crippen LogP contribution in [-0.2, 0) is 18.6 Å². The van der Waals surface area contributed by atoms with Gasteiger partial charge < -0.3 is 9.84 Å². The molecule has 0 unspecified atom stereocenters. The smallest absolute Gasteiger partial charge is 0.123 e. The largest absolute Gasteiger partial charge is 0.490 e. The standard InChI is InChI=1S/C23H28N2O2/c1-15-3-6-22(24-11-15)23(26)8-7-18-13-25(14-20(18)23)12-17-4-5-21-19(10-17)9-16(2)27-21/h3-6,10-11,16,18,20,26H,7-9,12-14H2,1-2H3/t16-,18-,20+,23-/m1/s1. The lowest BCUT2D eigenvalue weighted by molar-refractivity contribution is -0.0108. The number of aliphatic hydroxyl groups is 1. The Hall–Kier alpha value is -1.91. The van der Waals surface area contributed by atoms with Gasteiger partial charge in [0.05, 0.1) is 5.69 Å². The van der Waals surface area contributed by atoms with Gasteiger partial charge in [-0.05, 0) is 61.4 Å². The van der Waals surface area contributed by atoms with Gasteiger partial charge in [-0.1, -0.05) is 18.2 Å². The molecule has 0 bridgehead atoms. The monoisotopic (exact) mass is 364 g/mol. The summed E-state index contributed by atoms with van der Waals surface area (Å²) in [6, 6.07) is 10.7. The van der Waals surface area contributed by atoms with E-state index in [0.29, 0.717) is 12.0 Å². The molecule has 1 N–H and O–H groups in total. The van der Waals surface area contributed by atoms with Crippen LogP contribution in [-0.4, -0.2) is 34.2 Å². The van der Waals surface area contributed by atoms with Crippen LogP contribution in [0.4, 0.5) is 0 Å². The molecule has 0 amide bonds. The molecule has 142 valence electrons. The van der Waals surface area contributed by atoms with Gasteiger partial charge in [-0.3, -0.25) is 9.88 Å². The Labute approximate surface area is 161 Å². The minimum absolute atomic E-state index is 0.283. The molecule has 4 heteroatoms. The maximum atomic E-state index is 11.5. The molecule has 2 aliphatic heterocycles. The molecule has 2 fully saturated rings. The van der Waals surface area contributed by atoms with Crippen LogP contribution in [0.3, 0.4) is 0 Å². The number of aromatic nitrogens is 1. The lowest BCUT2D eigenvalue weighted by atomic mass is 9.85. The zero-order valence-corrected chi connectivity index (χ0v) is 16.2. The van der Waals surface area contributed by atoms with Gasteiger partial charge in [0.15, 0.2) is 0 Å². The number of nitrogens with zero attached hydrogens (tertiary/aromatic N) is 2. The number of benzene rings is 1. The van der Waals surface area contributed by atoms with Crippen LogP contribution < -0.4 is 4.74 Å². The van der Waals surface area contributed by atoms with E-state index >= 15 is 0 Å². The van der Waals surface area contributed by atoms with Gasteiger partial charge in [0.1, 0.15) is 17.5 Å². The first-order valence-corrected chi connectivity index (χ1v) is 10.2. The van der Waals surface area contributed by atoms with Crippen LogP contribution >= 0.6 is 0 Å². The van der Waals surface area contributed by atoms with Crippen molar-refractivity contribution in [3.63, 3.8) is 0 Å². The highest BCUT2D eigenvalue weighted by atomic mass is 16.5. The summed E-state index contributed by atoms with van der Waals surface area (Å²) in [5.41, 5.74) is 3.91. The summed E-state index contributed by atoms with van der Waals surface area (Å²) in [5.74, 6) is 1.89. The van der Waals surface area contributed by atoms with Crippen LogP contribution in [0.15, 0.2) is 36.5 Å². The average Bonchev–Trinajstić information content (AvgIpc) is 3.30. The van der Waals surface area contributed by atoms with E-state index in [2.05, 4.69) is 41.1 Å². The molecule has 27 heavy (non-hydrogen) atoms. The van der Waals surface area contributed by atoms with E-state index in [4.69, 9.17) is 4.74 Å². The van der Waals surface area contributed by atoms with Gasteiger partial charge >= 0.3 is 0 Å². The van der Waals surface area contributed by atoms with Gasteiger partial charge in [-0.2, -0.15) is 0 Å². The van der Waals surface area contributed by atoms with Crippen LogP contribution in [0, 0.1) is 18.8 Å². The van der Waals surface area contributed by atoms with Gasteiger partial charge in [-0.15, -0.1) is 0 Å². The van der Waals surface area contributed by atoms with Crippen molar-refractivity contribution in [3.8, 4) is 5.75 Å². The summed E-state index contributed by atoms with van der Waals surface area (Å²) in [6.45, 7) is 7.13. The Balaban J connectivity index is 1.31. The Morgan fingerprint density at radius 1 is 1.26 bits per heavy atom. The number of likely N-dealkylation sites (tertiary alicyclic amines) is 1. The predicted octanol–water partition coefficient (Wildman–Crippen LogP) is 3.44. The predicted molar refractivity (Wildman–Crippen MR) is 105 cm³/mol. The summed E-state index contributed by atoms with van der Waals surface area (Å²) < 4.78 is 5.82. The van der Waals surface area contributed by atoms with Crippen LogP contribution in [0.1, 0.15) is 42.1 Å². The lowest BCUT2D eigenvalue weighted by Gasteiger charge is -2.30. The van der Waals surface area contributed by atoms with Crippen molar-refractivity contribution >= 4 is 0 Å².